The molecule has 1 amide bonds. The van der Waals surface area contributed by atoms with E-state index >= 15 is 0 Å². The summed E-state index contributed by atoms with van der Waals surface area (Å²) in [5, 5.41) is 7.90. The first-order valence-electron chi connectivity index (χ1n) is 9.74. The molecule has 1 N–H and O–H groups in total. The summed E-state index contributed by atoms with van der Waals surface area (Å²) in [6, 6.07) is 16.1. The number of thioether (sulfide) groups is 1. The Balaban J connectivity index is 1.34. The minimum absolute atomic E-state index is 0.0662. The van der Waals surface area contributed by atoms with Crippen LogP contribution in [0, 0.1) is 6.92 Å². The summed E-state index contributed by atoms with van der Waals surface area (Å²) < 4.78 is 5.10. The number of nitrogens with one attached hydrogen (secondary N) is 1. The third kappa shape index (κ3) is 5.25. The molecule has 3 aromatic rings. The van der Waals surface area contributed by atoms with Crippen LogP contribution < -0.4 is 5.32 Å². The molecule has 1 fully saturated rings. The van der Waals surface area contributed by atoms with Crippen LogP contribution in [0.5, 0.6) is 0 Å². The van der Waals surface area contributed by atoms with Crippen LogP contribution in [0.3, 0.4) is 0 Å². The zero-order chi connectivity index (χ0) is 20.1. The SMILES string of the molecule is Cc1cc(CSc2ncccc2C(=O)N[C@H]2CCN(Cc3ccccc3)C2)no1. The molecule has 6 nitrogen and oxygen atoms in total. The summed E-state index contributed by atoms with van der Waals surface area (Å²) in [4.78, 5) is 19.7. The van der Waals surface area contributed by atoms with Crippen LogP contribution >= 0.6 is 11.8 Å². The van der Waals surface area contributed by atoms with Crippen molar-refractivity contribution in [1.82, 2.24) is 20.4 Å². The van der Waals surface area contributed by atoms with E-state index in [0.29, 0.717) is 16.3 Å². The topological polar surface area (TPSA) is 71.3 Å². The molecule has 2 aromatic heterocycles. The Bertz CT molecular complexity index is 960. The maximum absolute atomic E-state index is 12.9. The molecule has 0 radical (unpaired) electrons. The molecule has 1 saturated heterocycles. The molecule has 29 heavy (non-hydrogen) atoms. The molecule has 7 heteroatoms. The molecule has 1 aliphatic heterocycles. The molecule has 1 aromatic carbocycles. The number of carbonyl (C=O) groups is 1. The van der Waals surface area contributed by atoms with Crippen LogP contribution in [0.2, 0.25) is 0 Å². The summed E-state index contributed by atoms with van der Waals surface area (Å²) in [6.07, 6.45) is 2.67. The van der Waals surface area contributed by atoms with E-state index in [9.17, 15) is 4.79 Å². The van der Waals surface area contributed by atoms with Gasteiger partial charge in [-0.1, -0.05) is 47.3 Å². The number of rotatable bonds is 7. The van der Waals surface area contributed by atoms with Gasteiger partial charge in [0.2, 0.25) is 0 Å². The van der Waals surface area contributed by atoms with Gasteiger partial charge < -0.3 is 9.84 Å². The lowest BCUT2D eigenvalue weighted by molar-refractivity contribution is 0.0934. The smallest absolute Gasteiger partial charge is 0.254 e. The summed E-state index contributed by atoms with van der Waals surface area (Å²) in [6.45, 7) is 4.63. The zero-order valence-corrected chi connectivity index (χ0v) is 17.2. The van der Waals surface area contributed by atoms with E-state index in [1.54, 1.807) is 12.3 Å². The molecule has 0 aliphatic carbocycles. The van der Waals surface area contributed by atoms with E-state index < -0.39 is 0 Å². The van der Waals surface area contributed by atoms with Crippen molar-refractivity contribution in [2.75, 3.05) is 13.1 Å². The number of aryl methyl sites for hydroxylation is 1. The third-order valence-electron chi connectivity index (χ3n) is 4.91. The van der Waals surface area contributed by atoms with Crippen molar-refractivity contribution >= 4 is 17.7 Å². The summed E-state index contributed by atoms with van der Waals surface area (Å²) in [7, 11) is 0. The Morgan fingerprint density at radius 3 is 2.93 bits per heavy atom. The molecule has 0 saturated carbocycles. The highest BCUT2D eigenvalue weighted by Gasteiger charge is 2.25. The third-order valence-corrected chi connectivity index (χ3v) is 5.94. The number of benzene rings is 1. The van der Waals surface area contributed by atoms with Crippen molar-refractivity contribution in [1.29, 1.82) is 0 Å². The van der Waals surface area contributed by atoms with Crippen molar-refractivity contribution in [3.63, 3.8) is 0 Å². The molecule has 150 valence electrons. The lowest BCUT2D eigenvalue weighted by atomic mass is 10.2. The molecule has 1 atom stereocenters. The summed E-state index contributed by atoms with van der Waals surface area (Å²) >= 11 is 1.50. The van der Waals surface area contributed by atoms with Crippen LogP contribution in [-0.2, 0) is 12.3 Å². The fraction of sp³-hybridized carbons (Fsp3) is 0.318. The highest BCUT2D eigenvalue weighted by atomic mass is 32.2. The zero-order valence-electron chi connectivity index (χ0n) is 16.4. The first kappa shape index (κ1) is 19.7. The Hall–Kier alpha value is -2.64. The lowest BCUT2D eigenvalue weighted by Crippen LogP contribution is -2.37. The maximum Gasteiger partial charge on any atom is 0.254 e. The summed E-state index contributed by atoms with van der Waals surface area (Å²) in [5.74, 6) is 1.33. The number of aromatic nitrogens is 2. The number of pyridine rings is 1. The normalized spacial score (nSPS) is 16.8. The molecule has 4 rings (SSSR count). The van der Waals surface area contributed by atoms with Gasteiger partial charge in [-0.15, -0.1) is 0 Å². The monoisotopic (exact) mass is 408 g/mol. The van der Waals surface area contributed by atoms with Crippen LogP contribution in [0.25, 0.3) is 0 Å². The van der Waals surface area contributed by atoms with Crippen LogP contribution in [0.1, 0.15) is 33.8 Å². The molecule has 1 aliphatic rings. The Morgan fingerprint density at radius 2 is 2.14 bits per heavy atom. The van der Waals surface area contributed by atoms with E-state index in [0.717, 1.165) is 37.5 Å². The largest absolute Gasteiger partial charge is 0.361 e. The highest BCUT2D eigenvalue weighted by molar-refractivity contribution is 7.98. The lowest BCUT2D eigenvalue weighted by Gasteiger charge is -2.17. The fourth-order valence-corrected chi connectivity index (χ4v) is 4.38. The predicted octanol–water partition coefficient (Wildman–Crippen LogP) is 3.67. The minimum atomic E-state index is -0.0662. The van der Waals surface area contributed by atoms with E-state index in [1.807, 2.05) is 25.1 Å². The quantitative estimate of drug-likeness (QED) is 0.602. The van der Waals surface area contributed by atoms with Crippen molar-refractivity contribution in [2.24, 2.45) is 0 Å². The minimum Gasteiger partial charge on any atom is -0.361 e. The van der Waals surface area contributed by atoms with Gasteiger partial charge in [0.1, 0.15) is 10.8 Å². The van der Waals surface area contributed by atoms with E-state index in [1.165, 1.54) is 17.3 Å². The van der Waals surface area contributed by atoms with Gasteiger partial charge in [0, 0.05) is 43.7 Å². The van der Waals surface area contributed by atoms with E-state index in [4.69, 9.17) is 4.52 Å². The van der Waals surface area contributed by atoms with Crippen molar-refractivity contribution in [3.05, 3.63) is 77.3 Å². The fourth-order valence-electron chi connectivity index (χ4n) is 3.51. The van der Waals surface area contributed by atoms with E-state index in [-0.39, 0.29) is 11.9 Å². The van der Waals surface area contributed by atoms with Crippen molar-refractivity contribution < 1.29 is 9.32 Å². The molecule has 0 unspecified atom stereocenters. The number of hydrogen-bond acceptors (Lipinski definition) is 6. The molecular weight excluding hydrogens is 384 g/mol. The van der Waals surface area contributed by atoms with Gasteiger partial charge in [-0.3, -0.25) is 9.69 Å². The number of carbonyl (C=O) groups excluding carboxylic acids is 1. The second-order valence-electron chi connectivity index (χ2n) is 7.25. The van der Waals surface area contributed by atoms with Gasteiger partial charge in [0.15, 0.2) is 0 Å². The van der Waals surface area contributed by atoms with Crippen molar-refractivity contribution in [3.8, 4) is 0 Å². The average Bonchev–Trinajstić information content (AvgIpc) is 3.36. The van der Waals surface area contributed by atoms with Crippen LogP contribution in [0.4, 0.5) is 0 Å². The number of amides is 1. The van der Waals surface area contributed by atoms with Crippen molar-refractivity contribution in [2.45, 2.75) is 36.7 Å². The molecular formula is C22H24N4O2S. The number of likely N-dealkylation sites (tertiary alicyclic amines) is 1. The van der Waals surface area contributed by atoms with Gasteiger partial charge in [0.05, 0.1) is 11.3 Å². The summed E-state index contributed by atoms with van der Waals surface area (Å²) in [5.41, 5.74) is 2.75. The average molecular weight is 409 g/mol. The standard InChI is InChI=1S/C22H24N4O2S/c1-16-12-19(25-28-16)15-29-22-20(8-5-10-23-22)21(27)24-18-9-11-26(14-18)13-17-6-3-2-4-7-17/h2-8,10,12,18H,9,11,13-15H2,1H3,(H,24,27)/t18-/m0/s1. The van der Waals surface area contributed by atoms with E-state index in [2.05, 4.69) is 44.6 Å². The van der Waals surface area contributed by atoms with Gasteiger partial charge in [-0.2, -0.15) is 0 Å². The first-order chi connectivity index (χ1) is 14.2. The van der Waals surface area contributed by atoms with Gasteiger partial charge in [-0.25, -0.2) is 4.98 Å². The molecule has 0 bridgehead atoms. The second kappa shape index (κ2) is 9.24. The molecule has 0 spiro atoms. The van der Waals surface area contributed by atoms with Gasteiger partial charge >= 0.3 is 0 Å². The predicted molar refractivity (Wildman–Crippen MR) is 113 cm³/mol. The Labute approximate surface area is 174 Å². The van der Waals surface area contributed by atoms with Crippen LogP contribution in [-0.4, -0.2) is 40.1 Å². The maximum atomic E-state index is 12.9. The molecule has 3 heterocycles. The van der Waals surface area contributed by atoms with Gasteiger partial charge in [-0.05, 0) is 31.0 Å². The van der Waals surface area contributed by atoms with Crippen LogP contribution in [0.15, 0.2) is 64.3 Å². The second-order valence-corrected chi connectivity index (χ2v) is 8.22. The Morgan fingerprint density at radius 1 is 1.28 bits per heavy atom. The van der Waals surface area contributed by atoms with Gasteiger partial charge in [0.25, 0.3) is 5.91 Å². The Kier molecular flexibility index (Phi) is 6.27. The number of hydrogen-bond donors (Lipinski definition) is 1. The number of nitrogens with zero attached hydrogens (tertiary/aromatic N) is 3. The first-order valence-corrected chi connectivity index (χ1v) is 10.7. The highest BCUT2D eigenvalue weighted by Crippen LogP contribution is 2.24.